The van der Waals surface area contributed by atoms with E-state index in [1.807, 2.05) is 30.3 Å². The van der Waals surface area contributed by atoms with E-state index in [0.717, 1.165) is 10.5 Å². The van der Waals surface area contributed by atoms with Gasteiger partial charge in [-0.15, -0.1) is 11.8 Å². The largest absolute Gasteiger partial charge is 0.478 e. The molecule has 1 unspecified atom stereocenters. The normalized spacial score (nSPS) is 12.1. The van der Waals surface area contributed by atoms with E-state index in [1.165, 1.54) is 17.8 Å². The average molecular weight is 309 g/mol. The van der Waals surface area contributed by atoms with Crippen molar-refractivity contribution in [1.29, 1.82) is 0 Å². The third-order valence-electron chi connectivity index (χ3n) is 2.76. The molecule has 0 aromatic heterocycles. The molecule has 3 nitrogen and oxygen atoms in total. The van der Waals surface area contributed by atoms with Gasteiger partial charge < -0.3 is 10.2 Å². The molecule has 0 fully saturated rings. The molecular formula is C15H13ClO3S. The highest BCUT2D eigenvalue weighted by Gasteiger charge is 2.11. The molecule has 2 N–H and O–H groups in total. The molecule has 0 aliphatic heterocycles. The van der Waals surface area contributed by atoms with E-state index in [0.29, 0.717) is 5.75 Å². The Bertz CT molecular complexity index is 601. The number of aliphatic hydroxyl groups excluding tert-OH is 1. The lowest BCUT2D eigenvalue weighted by Gasteiger charge is -2.11. The van der Waals surface area contributed by atoms with Gasteiger partial charge in [-0.1, -0.05) is 41.9 Å². The number of halogens is 1. The first-order chi connectivity index (χ1) is 9.58. The number of carboxylic acids is 1. The van der Waals surface area contributed by atoms with Crippen LogP contribution in [-0.2, 0) is 0 Å². The van der Waals surface area contributed by atoms with Crippen molar-refractivity contribution >= 4 is 29.3 Å². The van der Waals surface area contributed by atoms with Crippen molar-refractivity contribution in [2.75, 3.05) is 5.75 Å². The number of carbonyl (C=O) groups is 1. The number of aromatic carboxylic acids is 1. The Morgan fingerprint density at radius 1 is 1.20 bits per heavy atom. The number of thioether (sulfide) groups is 1. The molecule has 0 heterocycles. The van der Waals surface area contributed by atoms with Gasteiger partial charge in [-0.05, 0) is 23.8 Å². The first kappa shape index (κ1) is 14.9. The fourth-order valence-electron chi connectivity index (χ4n) is 1.70. The molecule has 104 valence electrons. The van der Waals surface area contributed by atoms with Gasteiger partial charge in [0.1, 0.15) is 0 Å². The summed E-state index contributed by atoms with van der Waals surface area (Å²) < 4.78 is 0. The number of hydrogen-bond acceptors (Lipinski definition) is 3. The third kappa shape index (κ3) is 3.76. The lowest BCUT2D eigenvalue weighted by molar-refractivity contribution is 0.0697. The minimum Gasteiger partial charge on any atom is -0.478 e. The van der Waals surface area contributed by atoms with Crippen molar-refractivity contribution < 1.29 is 15.0 Å². The number of hydrogen-bond donors (Lipinski definition) is 2. The fraction of sp³-hybridized carbons (Fsp3) is 0.133. The monoisotopic (exact) mass is 308 g/mol. The molecule has 0 aliphatic carbocycles. The summed E-state index contributed by atoms with van der Waals surface area (Å²) in [6.07, 6.45) is -0.592. The topological polar surface area (TPSA) is 57.5 Å². The lowest BCUT2D eigenvalue weighted by atomic mass is 10.1. The number of aliphatic hydroxyl groups is 1. The number of carboxylic acid groups (broad SMARTS) is 1. The molecule has 0 bridgehead atoms. The molecule has 0 amide bonds. The molecule has 2 aromatic rings. The van der Waals surface area contributed by atoms with Crippen LogP contribution in [-0.4, -0.2) is 21.9 Å². The van der Waals surface area contributed by atoms with E-state index in [-0.39, 0.29) is 10.6 Å². The lowest BCUT2D eigenvalue weighted by Crippen LogP contribution is -2.01. The van der Waals surface area contributed by atoms with E-state index in [9.17, 15) is 9.90 Å². The van der Waals surface area contributed by atoms with Gasteiger partial charge >= 0.3 is 5.97 Å². The van der Waals surface area contributed by atoms with Crippen LogP contribution >= 0.6 is 23.4 Å². The number of benzene rings is 2. The highest BCUT2D eigenvalue weighted by atomic mass is 35.5. The minimum absolute atomic E-state index is 0.0749. The van der Waals surface area contributed by atoms with E-state index >= 15 is 0 Å². The number of rotatable bonds is 5. The summed E-state index contributed by atoms with van der Waals surface area (Å²) in [5, 5.41) is 19.3. The van der Waals surface area contributed by atoms with E-state index in [4.69, 9.17) is 16.7 Å². The molecule has 2 aromatic carbocycles. The average Bonchev–Trinajstić information content (AvgIpc) is 2.46. The second-order valence-electron chi connectivity index (χ2n) is 4.18. The van der Waals surface area contributed by atoms with Gasteiger partial charge in [0.25, 0.3) is 0 Å². The molecule has 2 rings (SSSR count). The van der Waals surface area contributed by atoms with Crippen LogP contribution in [0.2, 0.25) is 5.02 Å². The molecular weight excluding hydrogens is 296 g/mol. The van der Waals surface area contributed by atoms with Crippen LogP contribution in [0, 0.1) is 0 Å². The second-order valence-corrected chi connectivity index (χ2v) is 5.68. The standard InChI is InChI=1S/C15H13ClO3S/c16-13-7-6-11(8-12(13)15(18)19)20-9-14(17)10-4-2-1-3-5-10/h1-8,14,17H,9H2,(H,18,19). The Morgan fingerprint density at radius 3 is 2.55 bits per heavy atom. The summed E-state index contributed by atoms with van der Waals surface area (Å²) in [7, 11) is 0. The molecule has 5 heteroatoms. The van der Waals surface area contributed by atoms with Gasteiger partial charge in [-0.2, -0.15) is 0 Å². The molecule has 0 aliphatic rings. The predicted octanol–water partition coefficient (Wildman–Crippen LogP) is 3.86. The van der Waals surface area contributed by atoms with Crippen molar-refractivity contribution in [1.82, 2.24) is 0 Å². The maximum absolute atomic E-state index is 11.0. The van der Waals surface area contributed by atoms with Crippen molar-refractivity contribution in [2.24, 2.45) is 0 Å². The van der Waals surface area contributed by atoms with Crippen LogP contribution in [0.4, 0.5) is 0 Å². The summed E-state index contributed by atoms with van der Waals surface area (Å²) in [4.78, 5) is 11.8. The zero-order valence-electron chi connectivity index (χ0n) is 10.5. The van der Waals surface area contributed by atoms with Crippen LogP contribution in [0.15, 0.2) is 53.4 Å². The summed E-state index contributed by atoms with van der Waals surface area (Å²) in [5.74, 6) is -0.605. The Hall–Kier alpha value is -1.49. The molecule has 0 spiro atoms. The third-order valence-corrected chi connectivity index (χ3v) is 4.16. The van der Waals surface area contributed by atoms with Crippen LogP contribution in [0.1, 0.15) is 22.0 Å². The SMILES string of the molecule is O=C(O)c1cc(SCC(O)c2ccccc2)ccc1Cl. The zero-order chi connectivity index (χ0) is 14.5. The Morgan fingerprint density at radius 2 is 1.90 bits per heavy atom. The highest BCUT2D eigenvalue weighted by Crippen LogP contribution is 2.28. The van der Waals surface area contributed by atoms with E-state index in [1.54, 1.807) is 12.1 Å². The molecule has 20 heavy (non-hydrogen) atoms. The Kier molecular flexibility index (Phi) is 5.06. The zero-order valence-corrected chi connectivity index (χ0v) is 12.1. The van der Waals surface area contributed by atoms with Gasteiger partial charge in [-0.3, -0.25) is 0 Å². The molecule has 1 atom stereocenters. The summed E-state index contributed by atoms with van der Waals surface area (Å²) >= 11 is 7.20. The second kappa shape index (κ2) is 6.79. The van der Waals surface area contributed by atoms with Crippen molar-refractivity contribution in [2.45, 2.75) is 11.0 Å². The quantitative estimate of drug-likeness (QED) is 0.823. The van der Waals surface area contributed by atoms with Crippen molar-refractivity contribution in [3.8, 4) is 0 Å². The summed E-state index contributed by atoms with van der Waals surface area (Å²) in [5.41, 5.74) is 0.915. The fourth-order valence-corrected chi connectivity index (χ4v) is 2.81. The summed E-state index contributed by atoms with van der Waals surface area (Å²) in [6.45, 7) is 0. The van der Waals surface area contributed by atoms with E-state index in [2.05, 4.69) is 0 Å². The van der Waals surface area contributed by atoms with Crippen LogP contribution < -0.4 is 0 Å². The first-order valence-corrected chi connectivity index (χ1v) is 7.33. The Balaban J connectivity index is 2.04. The van der Waals surface area contributed by atoms with Gasteiger partial charge in [0.15, 0.2) is 0 Å². The van der Waals surface area contributed by atoms with Crippen LogP contribution in [0.5, 0.6) is 0 Å². The van der Waals surface area contributed by atoms with Gasteiger partial charge in [0, 0.05) is 10.6 Å². The maximum atomic E-state index is 11.0. The first-order valence-electron chi connectivity index (χ1n) is 5.96. The van der Waals surface area contributed by atoms with Crippen LogP contribution in [0.25, 0.3) is 0 Å². The van der Waals surface area contributed by atoms with Crippen LogP contribution in [0.3, 0.4) is 0 Å². The van der Waals surface area contributed by atoms with Crippen molar-refractivity contribution in [3.63, 3.8) is 0 Å². The molecule has 0 saturated carbocycles. The predicted molar refractivity (Wildman–Crippen MR) is 80.5 cm³/mol. The maximum Gasteiger partial charge on any atom is 0.337 e. The smallest absolute Gasteiger partial charge is 0.337 e. The molecule has 0 saturated heterocycles. The van der Waals surface area contributed by atoms with Gasteiger partial charge in [-0.25, -0.2) is 4.79 Å². The van der Waals surface area contributed by atoms with Gasteiger partial charge in [0.2, 0.25) is 0 Å². The Labute approximate surface area is 126 Å². The van der Waals surface area contributed by atoms with Gasteiger partial charge in [0.05, 0.1) is 16.7 Å². The molecule has 0 radical (unpaired) electrons. The van der Waals surface area contributed by atoms with E-state index < -0.39 is 12.1 Å². The minimum atomic E-state index is -1.05. The highest BCUT2D eigenvalue weighted by molar-refractivity contribution is 7.99. The summed E-state index contributed by atoms with van der Waals surface area (Å²) in [6, 6.07) is 14.2. The van der Waals surface area contributed by atoms with Crippen molar-refractivity contribution in [3.05, 3.63) is 64.7 Å².